The Labute approximate surface area is 119 Å². The lowest BCUT2D eigenvalue weighted by Gasteiger charge is -2.22. The van der Waals surface area contributed by atoms with Crippen molar-refractivity contribution in [1.29, 1.82) is 0 Å². The number of hydrogen-bond acceptors (Lipinski definition) is 5. The van der Waals surface area contributed by atoms with Gasteiger partial charge in [0, 0.05) is 17.5 Å². The van der Waals surface area contributed by atoms with Crippen molar-refractivity contribution in [2.24, 2.45) is 0 Å². The highest BCUT2D eigenvalue weighted by Gasteiger charge is 2.21. The maximum Gasteiger partial charge on any atom is 0.329 e. The van der Waals surface area contributed by atoms with Gasteiger partial charge in [-0.25, -0.2) is 0 Å². The maximum absolute atomic E-state index is 11.1. The molecule has 0 N–H and O–H groups in total. The normalized spacial score (nSPS) is 10.1. The summed E-state index contributed by atoms with van der Waals surface area (Å²) < 4.78 is 0.682. The van der Waals surface area contributed by atoms with Gasteiger partial charge in [-0.15, -0.1) is 0 Å². The van der Waals surface area contributed by atoms with Crippen molar-refractivity contribution in [3.8, 4) is 0 Å². The van der Waals surface area contributed by atoms with Crippen LogP contribution in [-0.2, 0) is 9.63 Å². The summed E-state index contributed by atoms with van der Waals surface area (Å²) in [6, 6.07) is 4.52. The zero-order valence-corrected chi connectivity index (χ0v) is 12.3. The second-order valence-electron chi connectivity index (χ2n) is 3.93. The second kappa shape index (κ2) is 7.08. The van der Waals surface area contributed by atoms with Gasteiger partial charge >= 0.3 is 5.97 Å². The number of unbranched alkanes of at least 4 members (excludes halogenated alkanes) is 1. The number of carbonyl (C=O) groups excluding carboxylic acids is 1. The molecule has 0 heterocycles. The predicted molar refractivity (Wildman–Crippen MR) is 74.8 cm³/mol. The summed E-state index contributed by atoms with van der Waals surface area (Å²) in [7, 11) is 0. The summed E-state index contributed by atoms with van der Waals surface area (Å²) in [5, 5.41) is 12.3. The third kappa shape index (κ3) is 4.51. The van der Waals surface area contributed by atoms with Crippen LogP contribution in [0.2, 0.25) is 0 Å². The van der Waals surface area contributed by atoms with Gasteiger partial charge in [0.15, 0.2) is 5.69 Å². The van der Waals surface area contributed by atoms with E-state index in [0.29, 0.717) is 11.0 Å². The molecule has 0 spiro atoms. The van der Waals surface area contributed by atoms with E-state index in [9.17, 15) is 14.9 Å². The van der Waals surface area contributed by atoms with Crippen LogP contribution < -0.4 is 5.06 Å². The zero-order chi connectivity index (χ0) is 14.4. The fourth-order valence-corrected chi connectivity index (χ4v) is 1.87. The van der Waals surface area contributed by atoms with E-state index in [1.807, 2.05) is 6.92 Å². The van der Waals surface area contributed by atoms with Crippen LogP contribution in [0.3, 0.4) is 0 Å². The monoisotopic (exact) mass is 330 g/mol. The molecular weight excluding hydrogens is 316 g/mol. The minimum Gasteiger partial charge on any atom is -0.341 e. The van der Waals surface area contributed by atoms with Gasteiger partial charge in [-0.05, 0) is 18.6 Å². The molecule has 6 nitrogen and oxygen atoms in total. The van der Waals surface area contributed by atoms with Crippen LogP contribution in [0, 0.1) is 10.1 Å². The van der Waals surface area contributed by atoms with E-state index in [1.54, 1.807) is 12.1 Å². The summed E-state index contributed by atoms with van der Waals surface area (Å²) in [4.78, 5) is 26.7. The van der Waals surface area contributed by atoms with Crippen LogP contribution in [0.5, 0.6) is 0 Å². The first-order valence-corrected chi connectivity index (χ1v) is 6.65. The molecule has 0 atom stereocenters. The Morgan fingerprint density at radius 2 is 2.21 bits per heavy atom. The van der Waals surface area contributed by atoms with Crippen molar-refractivity contribution in [2.75, 3.05) is 11.6 Å². The van der Waals surface area contributed by atoms with Crippen LogP contribution in [0.1, 0.15) is 26.7 Å². The fraction of sp³-hybridized carbons (Fsp3) is 0.417. The molecular formula is C12H15BrN2O4. The Hall–Kier alpha value is -1.63. The number of anilines is 1. The first kappa shape index (κ1) is 15.4. The van der Waals surface area contributed by atoms with Crippen LogP contribution in [0.25, 0.3) is 0 Å². The van der Waals surface area contributed by atoms with Crippen molar-refractivity contribution >= 4 is 33.3 Å². The summed E-state index contributed by atoms with van der Waals surface area (Å²) in [5.74, 6) is -0.509. The van der Waals surface area contributed by atoms with E-state index in [2.05, 4.69) is 15.9 Å². The molecule has 0 aromatic heterocycles. The first-order chi connectivity index (χ1) is 8.95. The minimum atomic E-state index is -0.509. The lowest BCUT2D eigenvalue weighted by Crippen LogP contribution is -2.27. The topological polar surface area (TPSA) is 72.7 Å². The molecule has 0 aliphatic carbocycles. The minimum absolute atomic E-state index is 0.0967. The summed E-state index contributed by atoms with van der Waals surface area (Å²) in [6.07, 6.45) is 1.65. The molecule has 0 radical (unpaired) electrons. The second-order valence-corrected chi connectivity index (χ2v) is 4.84. The zero-order valence-electron chi connectivity index (χ0n) is 10.8. The highest BCUT2D eigenvalue weighted by Crippen LogP contribution is 2.31. The summed E-state index contributed by atoms with van der Waals surface area (Å²) in [5.41, 5.74) is 0.170. The number of benzene rings is 1. The molecule has 104 valence electrons. The number of halogens is 1. The number of rotatable bonds is 6. The number of hydroxylamine groups is 1. The number of nitro groups is 1. The quantitative estimate of drug-likeness (QED) is 0.590. The van der Waals surface area contributed by atoms with Crippen molar-refractivity contribution in [3.05, 3.63) is 32.8 Å². The molecule has 0 fully saturated rings. The third-order valence-electron chi connectivity index (χ3n) is 2.36. The van der Waals surface area contributed by atoms with Crippen LogP contribution in [-0.4, -0.2) is 17.4 Å². The van der Waals surface area contributed by atoms with Crippen molar-refractivity contribution < 1.29 is 14.6 Å². The van der Waals surface area contributed by atoms with Gasteiger partial charge in [0.2, 0.25) is 0 Å². The highest BCUT2D eigenvalue weighted by atomic mass is 79.9. The Balaban J connectivity index is 3.14. The largest absolute Gasteiger partial charge is 0.341 e. The molecule has 0 unspecified atom stereocenters. The van der Waals surface area contributed by atoms with Crippen LogP contribution in [0.4, 0.5) is 11.4 Å². The van der Waals surface area contributed by atoms with Crippen molar-refractivity contribution in [1.82, 2.24) is 0 Å². The fourth-order valence-electron chi connectivity index (χ4n) is 1.52. The molecule has 1 aromatic carbocycles. The average Bonchev–Trinajstić information content (AvgIpc) is 2.33. The smallest absolute Gasteiger partial charge is 0.329 e. The SMILES string of the molecule is CCCCN(OC(C)=O)c1cc(Br)ccc1[N+](=O)[O-]. The van der Waals surface area contributed by atoms with Crippen molar-refractivity contribution in [3.63, 3.8) is 0 Å². The molecule has 7 heteroatoms. The Kier molecular flexibility index (Phi) is 5.75. The summed E-state index contributed by atoms with van der Waals surface area (Å²) >= 11 is 3.26. The molecule has 0 aliphatic rings. The van der Waals surface area contributed by atoms with Gasteiger partial charge in [-0.2, -0.15) is 5.06 Å². The molecule has 0 saturated carbocycles. The van der Waals surface area contributed by atoms with Crippen molar-refractivity contribution in [2.45, 2.75) is 26.7 Å². The highest BCUT2D eigenvalue weighted by molar-refractivity contribution is 9.10. The van der Waals surface area contributed by atoms with E-state index in [-0.39, 0.29) is 11.4 Å². The van der Waals surface area contributed by atoms with Gasteiger partial charge in [-0.3, -0.25) is 14.9 Å². The molecule has 0 bridgehead atoms. The molecule has 1 aromatic rings. The van der Waals surface area contributed by atoms with Crippen LogP contribution in [0.15, 0.2) is 22.7 Å². The number of hydrogen-bond donors (Lipinski definition) is 0. The molecule has 1 rings (SSSR count). The van der Waals surface area contributed by atoms with Gasteiger partial charge in [-0.1, -0.05) is 29.3 Å². The summed E-state index contributed by atoms with van der Waals surface area (Å²) in [6.45, 7) is 3.66. The van der Waals surface area contributed by atoms with Crippen LogP contribution >= 0.6 is 15.9 Å². The third-order valence-corrected chi connectivity index (χ3v) is 2.85. The number of carbonyl (C=O) groups is 1. The van der Waals surface area contributed by atoms with Gasteiger partial charge in [0.1, 0.15) is 0 Å². The molecule has 0 amide bonds. The predicted octanol–water partition coefficient (Wildman–Crippen LogP) is 3.44. The molecule has 0 aliphatic heterocycles. The van der Waals surface area contributed by atoms with E-state index >= 15 is 0 Å². The van der Waals surface area contributed by atoms with E-state index in [4.69, 9.17) is 4.84 Å². The van der Waals surface area contributed by atoms with Gasteiger partial charge in [0.25, 0.3) is 5.69 Å². The van der Waals surface area contributed by atoms with Gasteiger partial charge < -0.3 is 4.84 Å². The average molecular weight is 331 g/mol. The van der Waals surface area contributed by atoms with Gasteiger partial charge in [0.05, 0.1) is 11.5 Å². The standard InChI is InChI=1S/C12H15BrN2O4/c1-3-4-7-14(19-9(2)16)12-8-10(13)5-6-11(12)15(17)18/h5-6,8H,3-4,7H2,1-2H3. The molecule has 0 saturated heterocycles. The maximum atomic E-state index is 11.1. The Morgan fingerprint density at radius 1 is 1.53 bits per heavy atom. The lowest BCUT2D eigenvalue weighted by molar-refractivity contribution is -0.384. The Morgan fingerprint density at radius 3 is 2.74 bits per heavy atom. The Bertz CT molecular complexity index is 479. The van der Waals surface area contributed by atoms with E-state index in [1.165, 1.54) is 18.1 Å². The lowest BCUT2D eigenvalue weighted by atomic mass is 10.2. The van der Waals surface area contributed by atoms with E-state index in [0.717, 1.165) is 12.8 Å². The number of nitro benzene ring substituents is 1. The number of nitrogens with zero attached hydrogens (tertiary/aromatic N) is 2. The van der Waals surface area contributed by atoms with E-state index < -0.39 is 10.9 Å². The first-order valence-electron chi connectivity index (χ1n) is 5.85. The molecule has 19 heavy (non-hydrogen) atoms.